The molecule has 0 saturated carbocycles. The minimum absolute atomic E-state index is 0.00204. The van der Waals surface area contributed by atoms with Crippen LogP contribution in [0.25, 0.3) is 0 Å². The van der Waals surface area contributed by atoms with Crippen LogP contribution in [0.5, 0.6) is 0 Å². The lowest BCUT2D eigenvalue weighted by molar-refractivity contribution is 0.0557. The van der Waals surface area contributed by atoms with E-state index in [4.69, 9.17) is 11.2 Å². The van der Waals surface area contributed by atoms with Gasteiger partial charge in [0.2, 0.25) is 0 Å². The number of hydrogen-bond donors (Lipinski definition) is 1. The molecule has 1 aromatic carbocycles. The fourth-order valence-corrected chi connectivity index (χ4v) is 2.45. The largest absolute Gasteiger partial charge is 0.449 e. The van der Waals surface area contributed by atoms with Gasteiger partial charge in [0.25, 0.3) is 0 Å². The van der Waals surface area contributed by atoms with Crippen molar-refractivity contribution in [3.05, 3.63) is 23.8 Å². The summed E-state index contributed by atoms with van der Waals surface area (Å²) in [7, 11) is 1.83. The lowest BCUT2D eigenvalue weighted by Gasteiger charge is -2.30. The lowest BCUT2D eigenvalue weighted by Crippen LogP contribution is -2.31. The first-order valence-electron chi connectivity index (χ1n) is 6.93. The molecule has 20 heavy (non-hydrogen) atoms. The van der Waals surface area contributed by atoms with Crippen LogP contribution >= 0.6 is 0 Å². The number of benzene rings is 1. The number of carbonyl (C=O) groups excluding carboxylic acids is 1. The summed E-state index contributed by atoms with van der Waals surface area (Å²) in [4.78, 5) is 14.4. The molecule has 0 atom stereocenters. The number of esters is 1. The molecule has 1 aliphatic rings. The van der Waals surface area contributed by atoms with Gasteiger partial charge in [-0.2, -0.15) is 0 Å². The fourth-order valence-electron chi connectivity index (χ4n) is 2.45. The Bertz CT molecular complexity index is 514. The van der Waals surface area contributed by atoms with Gasteiger partial charge in [0.15, 0.2) is 6.61 Å². The molecule has 1 N–H and O–H groups in total. The number of anilines is 2. The number of nitrogens with zero attached hydrogens (tertiary/aromatic N) is 1. The normalized spacial score (nSPS) is 14.5. The number of hydrogen-bond acceptors (Lipinski definition) is 4. The van der Waals surface area contributed by atoms with E-state index >= 15 is 0 Å². The van der Waals surface area contributed by atoms with E-state index in [1.54, 1.807) is 0 Å². The van der Waals surface area contributed by atoms with E-state index in [9.17, 15) is 4.79 Å². The Morgan fingerprint density at radius 1 is 1.40 bits per heavy atom. The number of rotatable bonds is 4. The maximum Gasteiger partial charge on any atom is 0.341 e. The second-order valence-electron chi connectivity index (χ2n) is 4.81. The molecular formula is C16H20N2O2. The predicted octanol–water partition coefficient (Wildman–Crippen LogP) is 2.51. The van der Waals surface area contributed by atoms with Crippen molar-refractivity contribution in [2.75, 3.05) is 37.0 Å². The Morgan fingerprint density at radius 3 is 2.80 bits per heavy atom. The van der Waals surface area contributed by atoms with Crippen LogP contribution in [0.1, 0.15) is 29.6 Å². The highest BCUT2D eigenvalue weighted by molar-refractivity contribution is 5.97. The van der Waals surface area contributed by atoms with Crippen LogP contribution in [0.4, 0.5) is 11.4 Å². The molecule has 0 bridgehead atoms. The Hall–Kier alpha value is -2.15. The van der Waals surface area contributed by atoms with E-state index in [0.717, 1.165) is 37.3 Å². The highest BCUT2D eigenvalue weighted by atomic mass is 16.5. The number of carbonyl (C=O) groups is 1. The van der Waals surface area contributed by atoms with Crippen LogP contribution in [-0.2, 0) is 4.74 Å². The van der Waals surface area contributed by atoms with Crippen LogP contribution < -0.4 is 10.2 Å². The van der Waals surface area contributed by atoms with Crippen LogP contribution in [0.2, 0.25) is 0 Å². The molecule has 4 heteroatoms. The maximum atomic E-state index is 12.2. The van der Waals surface area contributed by atoms with Crippen LogP contribution in [0, 0.1) is 12.3 Å². The first kappa shape index (κ1) is 14.3. The molecule has 1 heterocycles. The summed E-state index contributed by atoms with van der Waals surface area (Å²) in [5, 5.41) is 3.04. The smallest absolute Gasteiger partial charge is 0.341 e. The zero-order chi connectivity index (χ0) is 14.4. The van der Waals surface area contributed by atoms with Gasteiger partial charge in [-0.05, 0) is 37.5 Å². The Morgan fingerprint density at radius 2 is 2.15 bits per heavy atom. The summed E-state index contributed by atoms with van der Waals surface area (Å²) < 4.78 is 5.08. The Labute approximate surface area is 120 Å². The molecule has 0 aliphatic carbocycles. The molecule has 1 aromatic rings. The van der Waals surface area contributed by atoms with E-state index in [0.29, 0.717) is 5.56 Å². The standard InChI is InChI=1S/C16H20N2O2/c1-3-11-20-16(19)14-12-13(17-2)7-8-15(14)18-9-5-4-6-10-18/h1,7-8,12,17H,4-6,9-11H2,2H3. The molecule has 106 valence electrons. The van der Waals surface area contributed by atoms with Crippen molar-refractivity contribution in [1.29, 1.82) is 0 Å². The van der Waals surface area contributed by atoms with Crippen LogP contribution in [0.3, 0.4) is 0 Å². The second-order valence-corrected chi connectivity index (χ2v) is 4.81. The summed E-state index contributed by atoms with van der Waals surface area (Å²) in [6.45, 7) is 1.96. The van der Waals surface area contributed by atoms with Crippen molar-refractivity contribution < 1.29 is 9.53 Å². The lowest BCUT2D eigenvalue weighted by atomic mass is 10.1. The van der Waals surface area contributed by atoms with Crippen molar-refractivity contribution in [3.8, 4) is 12.3 Å². The van der Waals surface area contributed by atoms with Gasteiger partial charge in [-0.3, -0.25) is 0 Å². The number of piperidine rings is 1. The third-order valence-corrected chi connectivity index (χ3v) is 3.49. The average molecular weight is 272 g/mol. The van der Waals surface area contributed by atoms with Crippen LogP contribution in [0.15, 0.2) is 18.2 Å². The van der Waals surface area contributed by atoms with E-state index in [1.165, 1.54) is 6.42 Å². The second kappa shape index (κ2) is 6.85. The molecule has 0 unspecified atom stereocenters. The summed E-state index contributed by atoms with van der Waals surface area (Å²) in [6.07, 6.45) is 8.71. The maximum absolute atomic E-state index is 12.2. The first-order valence-corrected chi connectivity index (χ1v) is 6.93. The molecule has 2 rings (SSSR count). The van der Waals surface area contributed by atoms with Crippen molar-refractivity contribution in [1.82, 2.24) is 0 Å². The van der Waals surface area contributed by atoms with Crippen molar-refractivity contribution in [2.24, 2.45) is 0 Å². The molecule has 1 aliphatic heterocycles. The number of terminal acetylenes is 1. The number of nitrogens with one attached hydrogen (secondary N) is 1. The monoisotopic (exact) mass is 272 g/mol. The van der Waals surface area contributed by atoms with Gasteiger partial charge >= 0.3 is 5.97 Å². The summed E-state index contributed by atoms with van der Waals surface area (Å²) >= 11 is 0. The fraction of sp³-hybridized carbons (Fsp3) is 0.438. The molecule has 1 saturated heterocycles. The highest BCUT2D eigenvalue weighted by Crippen LogP contribution is 2.27. The minimum atomic E-state index is -0.361. The van der Waals surface area contributed by atoms with Crippen molar-refractivity contribution in [2.45, 2.75) is 19.3 Å². The molecule has 4 nitrogen and oxygen atoms in total. The third kappa shape index (κ3) is 3.24. The third-order valence-electron chi connectivity index (χ3n) is 3.49. The Balaban J connectivity index is 2.29. The molecule has 0 radical (unpaired) electrons. The minimum Gasteiger partial charge on any atom is -0.449 e. The van der Waals surface area contributed by atoms with Gasteiger partial charge in [-0.1, -0.05) is 5.92 Å². The van der Waals surface area contributed by atoms with E-state index in [-0.39, 0.29) is 12.6 Å². The highest BCUT2D eigenvalue weighted by Gasteiger charge is 2.19. The zero-order valence-corrected chi connectivity index (χ0v) is 11.8. The van der Waals surface area contributed by atoms with Gasteiger partial charge in [0.05, 0.1) is 11.3 Å². The summed E-state index contributed by atoms with van der Waals surface area (Å²) in [5.41, 5.74) is 2.40. The van der Waals surface area contributed by atoms with Gasteiger partial charge in [0.1, 0.15) is 0 Å². The summed E-state index contributed by atoms with van der Waals surface area (Å²) in [5.74, 6) is 1.96. The van der Waals surface area contributed by atoms with Crippen LogP contribution in [-0.4, -0.2) is 32.7 Å². The zero-order valence-electron chi connectivity index (χ0n) is 11.8. The molecule has 1 fully saturated rings. The Kier molecular flexibility index (Phi) is 4.89. The molecule has 0 amide bonds. The predicted molar refractivity (Wildman–Crippen MR) is 81.2 cm³/mol. The molecular weight excluding hydrogens is 252 g/mol. The van der Waals surface area contributed by atoms with Crippen molar-refractivity contribution >= 4 is 17.3 Å². The van der Waals surface area contributed by atoms with E-state index in [2.05, 4.69) is 16.1 Å². The van der Waals surface area contributed by atoms with Gasteiger partial charge in [0, 0.05) is 25.8 Å². The van der Waals surface area contributed by atoms with E-state index in [1.807, 2.05) is 25.2 Å². The number of ether oxygens (including phenoxy) is 1. The van der Waals surface area contributed by atoms with Gasteiger partial charge in [-0.15, -0.1) is 6.42 Å². The van der Waals surface area contributed by atoms with Gasteiger partial charge in [-0.25, -0.2) is 4.79 Å². The topological polar surface area (TPSA) is 41.6 Å². The molecule has 0 aromatic heterocycles. The average Bonchev–Trinajstić information content (AvgIpc) is 2.52. The SMILES string of the molecule is C#CCOC(=O)c1cc(NC)ccc1N1CCCCC1. The quantitative estimate of drug-likeness (QED) is 0.675. The van der Waals surface area contributed by atoms with Crippen molar-refractivity contribution in [3.63, 3.8) is 0 Å². The van der Waals surface area contributed by atoms with Gasteiger partial charge < -0.3 is 15.0 Å². The first-order chi connectivity index (χ1) is 9.76. The molecule has 0 spiro atoms. The van der Waals surface area contributed by atoms with E-state index < -0.39 is 0 Å². The summed E-state index contributed by atoms with van der Waals surface area (Å²) in [6, 6.07) is 5.77.